The lowest BCUT2D eigenvalue weighted by molar-refractivity contribution is -0.121. The van der Waals surface area contributed by atoms with Gasteiger partial charge in [-0.1, -0.05) is 12.1 Å². The molecule has 0 aromatic heterocycles. The average molecular weight is 366 g/mol. The third-order valence-corrected chi connectivity index (χ3v) is 4.59. The van der Waals surface area contributed by atoms with Crippen LogP contribution in [-0.4, -0.2) is 20.9 Å². The van der Waals surface area contributed by atoms with Gasteiger partial charge in [-0.05, 0) is 55.3 Å². The van der Waals surface area contributed by atoms with Crippen LogP contribution < -0.4 is 15.0 Å². The number of aryl methyl sites for hydroxylation is 1. The molecule has 0 aliphatic heterocycles. The molecule has 2 aromatic rings. The predicted octanol–water partition coefficient (Wildman–Crippen LogP) is 2.17. The van der Waals surface area contributed by atoms with Crippen LogP contribution in [0.5, 0.6) is 5.75 Å². The van der Waals surface area contributed by atoms with Crippen molar-refractivity contribution in [2.24, 2.45) is 0 Å². The number of amides is 1. The Labute approximate surface area is 146 Å². The van der Waals surface area contributed by atoms with E-state index in [1.54, 1.807) is 12.1 Å². The molecule has 0 spiro atoms. The summed E-state index contributed by atoms with van der Waals surface area (Å²) in [6.45, 7) is 2.31. The number of hydrogen-bond acceptors (Lipinski definition) is 4. The second kappa shape index (κ2) is 8.59. The van der Waals surface area contributed by atoms with Crippen molar-refractivity contribution in [3.05, 3.63) is 59.9 Å². The van der Waals surface area contributed by atoms with Crippen molar-refractivity contribution >= 4 is 15.9 Å². The van der Waals surface area contributed by atoms with Gasteiger partial charge in [0.05, 0.1) is 11.5 Å². The molecule has 0 bridgehead atoms. The van der Waals surface area contributed by atoms with Gasteiger partial charge in [-0.2, -0.15) is 0 Å². The minimum absolute atomic E-state index is 0.00906. The highest BCUT2D eigenvalue weighted by Crippen LogP contribution is 2.15. The van der Waals surface area contributed by atoms with E-state index in [-0.39, 0.29) is 17.1 Å². The standard InChI is InChI=1S/C17H19FN2O4S/c1-2-24-15-8-10-16(11-9-15)25(22,23)20-19-17(21)12-5-13-3-6-14(18)7-4-13/h3-4,6-11,20H,2,5,12H2,1H3,(H,19,21). The van der Waals surface area contributed by atoms with Crippen LogP contribution >= 0.6 is 0 Å². The summed E-state index contributed by atoms with van der Waals surface area (Å²) in [4.78, 5) is 13.8. The zero-order valence-electron chi connectivity index (χ0n) is 13.7. The zero-order chi connectivity index (χ0) is 18.3. The molecule has 0 saturated carbocycles. The van der Waals surface area contributed by atoms with E-state index in [1.165, 1.54) is 36.4 Å². The molecular formula is C17H19FN2O4S. The van der Waals surface area contributed by atoms with Crippen LogP contribution in [-0.2, 0) is 21.2 Å². The van der Waals surface area contributed by atoms with Crippen LogP contribution in [0.3, 0.4) is 0 Å². The first kappa shape index (κ1) is 18.9. The molecule has 2 aromatic carbocycles. The zero-order valence-corrected chi connectivity index (χ0v) is 14.5. The fourth-order valence-electron chi connectivity index (χ4n) is 2.04. The molecular weight excluding hydrogens is 347 g/mol. The molecule has 0 heterocycles. The SMILES string of the molecule is CCOc1ccc(S(=O)(=O)NNC(=O)CCc2ccc(F)cc2)cc1. The maximum Gasteiger partial charge on any atom is 0.257 e. The molecule has 0 aliphatic carbocycles. The second-order valence-corrected chi connectivity index (χ2v) is 6.87. The minimum atomic E-state index is -3.86. The summed E-state index contributed by atoms with van der Waals surface area (Å²) in [5.41, 5.74) is 2.94. The Morgan fingerprint density at radius 1 is 1.08 bits per heavy atom. The highest BCUT2D eigenvalue weighted by atomic mass is 32.2. The monoisotopic (exact) mass is 366 g/mol. The number of sulfonamides is 1. The summed E-state index contributed by atoms with van der Waals surface area (Å²) in [5, 5.41) is 0. The van der Waals surface area contributed by atoms with Crippen molar-refractivity contribution in [1.82, 2.24) is 10.3 Å². The van der Waals surface area contributed by atoms with E-state index < -0.39 is 15.9 Å². The number of hydrazine groups is 1. The Kier molecular flexibility index (Phi) is 6.49. The summed E-state index contributed by atoms with van der Waals surface area (Å²) < 4.78 is 42.3. The van der Waals surface area contributed by atoms with E-state index in [0.717, 1.165) is 5.56 Å². The lowest BCUT2D eigenvalue weighted by Crippen LogP contribution is -2.41. The van der Waals surface area contributed by atoms with Crippen LogP contribution in [0.4, 0.5) is 4.39 Å². The van der Waals surface area contributed by atoms with Crippen molar-refractivity contribution in [2.45, 2.75) is 24.7 Å². The molecule has 0 fully saturated rings. The first-order valence-electron chi connectivity index (χ1n) is 7.68. The summed E-state index contributed by atoms with van der Waals surface area (Å²) in [6.07, 6.45) is 0.439. The molecule has 25 heavy (non-hydrogen) atoms. The Morgan fingerprint density at radius 2 is 1.72 bits per heavy atom. The first-order valence-corrected chi connectivity index (χ1v) is 9.17. The largest absolute Gasteiger partial charge is 0.494 e. The highest BCUT2D eigenvalue weighted by molar-refractivity contribution is 7.89. The van der Waals surface area contributed by atoms with Crippen molar-refractivity contribution in [3.63, 3.8) is 0 Å². The molecule has 2 N–H and O–H groups in total. The number of carbonyl (C=O) groups is 1. The van der Waals surface area contributed by atoms with Crippen molar-refractivity contribution in [2.75, 3.05) is 6.61 Å². The molecule has 0 atom stereocenters. The highest BCUT2D eigenvalue weighted by Gasteiger charge is 2.15. The van der Waals surface area contributed by atoms with Gasteiger partial charge in [-0.15, -0.1) is 4.83 Å². The van der Waals surface area contributed by atoms with E-state index in [0.29, 0.717) is 18.8 Å². The van der Waals surface area contributed by atoms with Crippen molar-refractivity contribution < 1.29 is 22.3 Å². The van der Waals surface area contributed by atoms with Gasteiger partial charge in [0.1, 0.15) is 11.6 Å². The van der Waals surface area contributed by atoms with E-state index in [2.05, 4.69) is 5.43 Å². The van der Waals surface area contributed by atoms with Gasteiger partial charge in [0.2, 0.25) is 5.91 Å². The minimum Gasteiger partial charge on any atom is -0.494 e. The van der Waals surface area contributed by atoms with Crippen LogP contribution in [0.2, 0.25) is 0 Å². The number of benzene rings is 2. The Morgan fingerprint density at radius 3 is 2.32 bits per heavy atom. The van der Waals surface area contributed by atoms with E-state index in [4.69, 9.17) is 4.74 Å². The predicted molar refractivity (Wildman–Crippen MR) is 90.8 cm³/mol. The Bertz CT molecular complexity index is 806. The van der Waals surface area contributed by atoms with Gasteiger partial charge in [0, 0.05) is 6.42 Å². The van der Waals surface area contributed by atoms with Gasteiger partial charge in [0.25, 0.3) is 10.0 Å². The van der Waals surface area contributed by atoms with Crippen LogP contribution in [0.25, 0.3) is 0 Å². The molecule has 0 unspecified atom stereocenters. The van der Waals surface area contributed by atoms with Gasteiger partial charge >= 0.3 is 0 Å². The average Bonchev–Trinajstić information content (AvgIpc) is 2.60. The van der Waals surface area contributed by atoms with Gasteiger partial charge < -0.3 is 4.74 Å². The summed E-state index contributed by atoms with van der Waals surface area (Å²) in [6, 6.07) is 11.6. The topological polar surface area (TPSA) is 84.5 Å². The number of halogens is 1. The van der Waals surface area contributed by atoms with Crippen molar-refractivity contribution in [3.8, 4) is 5.75 Å². The summed E-state index contributed by atoms with van der Waals surface area (Å²) in [5.74, 6) is -0.278. The molecule has 0 saturated heterocycles. The number of ether oxygens (including phenoxy) is 1. The van der Waals surface area contributed by atoms with Gasteiger partial charge in [-0.25, -0.2) is 12.8 Å². The van der Waals surface area contributed by atoms with Crippen LogP contribution in [0.15, 0.2) is 53.4 Å². The fourth-order valence-corrected chi connectivity index (χ4v) is 2.90. The molecule has 8 heteroatoms. The normalized spacial score (nSPS) is 11.1. The maximum atomic E-state index is 12.8. The summed E-state index contributed by atoms with van der Waals surface area (Å²) in [7, 11) is -3.86. The fraction of sp³-hybridized carbons (Fsp3) is 0.235. The Balaban J connectivity index is 1.85. The smallest absolute Gasteiger partial charge is 0.257 e. The summed E-state index contributed by atoms with van der Waals surface area (Å²) >= 11 is 0. The number of carbonyl (C=O) groups excluding carboxylic acids is 1. The first-order chi connectivity index (χ1) is 11.9. The van der Waals surface area contributed by atoms with E-state index >= 15 is 0 Å². The van der Waals surface area contributed by atoms with E-state index in [9.17, 15) is 17.6 Å². The number of rotatable bonds is 8. The third-order valence-electron chi connectivity index (χ3n) is 3.32. The van der Waals surface area contributed by atoms with Gasteiger partial charge in [0.15, 0.2) is 0 Å². The molecule has 134 valence electrons. The van der Waals surface area contributed by atoms with Gasteiger partial charge in [-0.3, -0.25) is 10.2 Å². The third kappa shape index (κ3) is 5.84. The van der Waals surface area contributed by atoms with Crippen molar-refractivity contribution in [1.29, 1.82) is 0 Å². The Hall–Kier alpha value is -2.45. The quantitative estimate of drug-likeness (QED) is 0.701. The molecule has 1 amide bonds. The number of hydrogen-bond donors (Lipinski definition) is 2. The van der Waals surface area contributed by atoms with E-state index in [1.807, 2.05) is 11.8 Å². The molecule has 2 rings (SSSR count). The molecule has 6 nitrogen and oxygen atoms in total. The molecule has 0 aliphatic rings. The maximum absolute atomic E-state index is 12.8. The lowest BCUT2D eigenvalue weighted by atomic mass is 10.1. The number of nitrogens with one attached hydrogen (secondary N) is 2. The van der Waals surface area contributed by atoms with Crippen LogP contribution in [0, 0.1) is 5.82 Å². The molecule has 0 radical (unpaired) electrons. The second-order valence-electron chi connectivity index (χ2n) is 5.18. The lowest BCUT2D eigenvalue weighted by Gasteiger charge is -2.09. The van der Waals surface area contributed by atoms with Crippen LogP contribution in [0.1, 0.15) is 18.9 Å².